The molecule has 1 saturated heterocycles. The molecule has 1 aliphatic heterocycles. The van der Waals surface area contributed by atoms with Gasteiger partial charge in [0.2, 0.25) is 5.91 Å². The quantitative estimate of drug-likeness (QED) is 0.718. The maximum absolute atomic E-state index is 11.0. The molecule has 0 aromatic carbocycles. The minimum Gasteiger partial charge on any atom is -0.354 e. The zero-order valence-electron chi connectivity index (χ0n) is 10.1. The summed E-state index contributed by atoms with van der Waals surface area (Å²) in [6.45, 7) is 3.77. The van der Waals surface area contributed by atoms with Gasteiger partial charge in [-0.25, -0.2) is 0 Å². The van der Waals surface area contributed by atoms with Gasteiger partial charge < -0.3 is 11.1 Å². The number of nitrogens with zero attached hydrogens (tertiary/aromatic N) is 1. The van der Waals surface area contributed by atoms with E-state index < -0.39 is 0 Å². The number of hydrogen-bond donors (Lipinski definition) is 2. The number of nitrogens with one attached hydrogen (secondary N) is 1. The molecule has 2 fully saturated rings. The maximum Gasteiger partial charge on any atom is 0.217 e. The van der Waals surface area contributed by atoms with Gasteiger partial charge in [-0.1, -0.05) is 6.42 Å². The number of rotatable bonds is 2. The second-order valence-corrected chi connectivity index (χ2v) is 5.17. The number of likely N-dealkylation sites (tertiary alicyclic amines) is 1. The van der Waals surface area contributed by atoms with Crippen molar-refractivity contribution in [3.63, 3.8) is 0 Å². The molecule has 2 rings (SSSR count). The highest BCUT2D eigenvalue weighted by Gasteiger charge is 2.31. The summed E-state index contributed by atoms with van der Waals surface area (Å²) in [5, 5.41) is 3.01. The summed E-state index contributed by atoms with van der Waals surface area (Å²) in [5.74, 6) is 0.0935. The molecule has 2 aliphatic rings. The van der Waals surface area contributed by atoms with E-state index in [2.05, 4.69) is 10.2 Å². The zero-order chi connectivity index (χ0) is 11.5. The van der Waals surface area contributed by atoms with E-state index in [-0.39, 0.29) is 5.91 Å². The van der Waals surface area contributed by atoms with E-state index in [1.807, 2.05) is 0 Å². The highest BCUT2D eigenvalue weighted by atomic mass is 16.1. The molecule has 2 atom stereocenters. The molecule has 16 heavy (non-hydrogen) atoms. The molecule has 0 bridgehead atoms. The lowest BCUT2D eigenvalue weighted by atomic mass is 10.0. The van der Waals surface area contributed by atoms with Crippen LogP contribution in [0.15, 0.2) is 0 Å². The summed E-state index contributed by atoms with van der Waals surface area (Å²) in [5.41, 5.74) is 6.11. The largest absolute Gasteiger partial charge is 0.354 e. The van der Waals surface area contributed by atoms with Gasteiger partial charge in [0.05, 0.1) is 0 Å². The average molecular weight is 225 g/mol. The van der Waals surface area contributed by atoms with E-state index in [0.717, 1.165) is 25.9 Å². The van der Waals surface area contributed by atoms with Crippen molar-refractivity contribution >= 4 is 5.91 Å². The smallest absolute Gasteiger partial charge is 0.217 e. The fourth-order valence-corrected chi connectivity index (χ4v) is 3.09. The second kappa shape index (κ2) is 5.15. The highest BCUT2D eigenvalue weighted by Crippen LogP contribution is 2.25. The van der Waals surface area contributed by atoms with Crippen molar-refractivity contribution in [2.24, 2.45) is 5.73 Å². The van der Waals surface area contributed by atoms with Gasteiger partial charge in [0.15, 0.2) is 0 Å². The van der Waals surface area contributed by atoms with E-state index in [4.69, 9.17) is 5.73 Å². The molecule has 1 aliphatic carbocycles. The summed E-state index contributed by atoms with van der Waals surface area (Å²) in [4.78, 5) is 13.5. The van der Waals surface area contributed by atoms with Crippen LogP contribution in [0.3, 0.4) is 0 Å². The van der Waals surface area contributed by atoms with E-state index >= 15 is 0 Å². The van der Waals surface area contributed by atoms with Gasteiger partial charge in [0.25, 0.3) is 0 Å². The molecule has 3 N–H and O–H groups in total. The maximum atomic E-state index is 11.0. The number of piperidine rings is 1. The molecule has 1 heterocycles. The van der Waals surface area contributed by atoms with E-state index in [0.29, 0.717) is 18.1 Å². The highest BCUT2D eigenvalue weighted by molar-refractivity contribution is 5.73. The summed E-state index contributed by atoms with van der Waals surface area (Å²) < 4.78 is 0. The van der Waals surface area contributed by atoms with Gasteiger partial charge >= 0.3 is 0 Å². The summed E-state index contributed by atoms with van der Waals surface area (Å²) in [7, 11) is 0. The van der Waals surface area contributed by atoms with Crippen molar-refractivity contribution < 1.29 is 4.79 Å². The monoisotopic (exact) mass is 225 g/mol. The van der Waals surface area contributed by atoms with Crippen molar-refractivity contribution in [2.45, 2.75) is 57.2 Å². The number of carbonyl (C=O) groups excluding carboxylic acids is 1. The first-order valence-electron chi connectivity index (χ1n) is 6.43. The first kappa shape index (κ1) is 11.9. The molecule has 0 aromatic heterocycles. The van der Waals surface area contributed by atoms with Gasteiger partial charge in [-0.3, -0.25) is 9.69 Å². The molecular weight excluding hydrogens is 202 g/mol. The molecule has 0 radical (unpaired) electrons. The Hall–Kier alpha value is -0.610. The van der Waals surface area contributed by atoms with Crippen LogP contribution in [-0.4, -0.2) is 42.0 Å². The molecule has 0 aromatic rings. The Labute approximate surface area is 97.6 Å². The zero-order valence-corrected chi connectivity index (χ0v) is 10.1. The fraction of sp³-hybridized carbons (Fsp3) is 0.917. The Balaban J connectivity index is 1.78. The normalized spacial score (nSPS) is 32.9. The minimum absolute atomic E-state index is 0.0935. The number of nitrogens with two attached hydrogens (primary N) is 1. The number of carbonyl (C=O) groups is 1. The van der Waals surface area contributed by atoms with Crippen molar-refractivity contribution in [1.29, 1.82) is 0 Å². The Morgan fingerprint density at radius 1 is 1.25 bits per heavy atom. The third-order valence-corrected chi connectivity index (χ3v) is 3.94. The Kier molecular flexibility index (Phi) is 3.82. The van der Waals surface area contributed by atoms with Crippen LogP contribution in [0.5, 0.6) is 0 Å². The minimum atomic E-state index is 0.0935. The molecule has 92 valence electrons. The molecule has 4 heteroatoms. The lowest BCUT2D eigenvalue weighted by molar-refractivity contribution is -0.120. The van der Waals surface area contributed by atoms with Crippen LogP contribution in [0.25, 0.3) is 0 Å². The standard InChI is InChI=1S/C12H23N3O/c1-9(16)14-10-5-7-15(8-6-10)12-4-2-3-11(12)13/h10-12H,2-8,13H2,1H3,(H,14,16). The Morgan fingerprint density at radius 2 is 1.94 bits per heavy atom. The van der Waals surface area contributed by atoms with E-state index in [1.54, 1.807) is 6.92 Å². The molecule has 4 nitrogen and oxygen atoms in total. The van der Waals surface area contributed by atoms with Crippen molar-refractivity contribution in [1.82, 2.24) is 10.2 Å². The van der Waals surface area contributed by atoms with Crippen LogP contribution < -0.4 is 11.1 Å². The fourth-order valence-electron chi connectivity index (χ4n) is 3.09. The van der Waals surface area contributed by atoms with Crippen molar-refractivity contribution in [3.8, 4) is 0 Å². The van der Waals surface area contributed by atoms with E-state index in [1.165, 1.54) is 19.3 Å². The Bertz CT molecular complexity index is 249. The molecule has 1 saturated carbocycles. The molecule has 0 spiro atoms. The summed E-state index contributed by atoms with van der Waals surface area (Å²) in [6.07, 6.45) is 5.85. The molecular formula is C12H23N3O. The SMILES string of the molecule is CC(=O)NC1CCN(C2CCCC2N)CC1. The van der Waals surface area contributed by atoms with E-state index in [9.17, 15) is 4.79 Å². The van der Waals surface area contributed by atoms with Gasteiger partial charge in [-0.15, -0.1) is 0 Å². The first-order valence-corrected chi connectivity index (χ1v) is 6.43. The Morgan fingerprint density at radius 3 is 2.44 bits per heavy atom. The van der Waals surface area contributed by atoms with Crippen LogP contribution in [0.2, 0.25) is 0 Å². The molecule has 1 amide bonds. The third kappa shape index (κ3) is 2.74. The molecule has 2 unspecified atom stereocenters. The summed E-state index contributed by atoms with van der Waals surface area (Å²) >= 11 is 0. The predicted molar refractivity (Wildman–Crippen MR) is 64.0 cm³/mol. The van der Waals surface area contributed by atoms with Crippen molar-refractivity contribution in [3.05, 3.63) is 0 Å². The van der Waals surface area contributed by atoms with Crippen molar-refractivity contribution in [2.75, 3.05) is 13.1 Å². The van der Waals surface area contributed by atoms with Gasteiger partial charge in [-0.2, -0.15) is 0 Å². The predicted octanol–water partition coefficient (Wildman–Crippen LogP) is 0.467. The van der Waals surface area contributed by atoms with Gasteiger partial charge in [0.1, 0.15) is 0 Å². The number of hydrogen-bond acceptors (Lipinski definition) is 3. The third-order valence-electron chi connectivity index (χ3n) is 3.94. The van der Waals surface area contributed by atoms with Crippen LogP contribution in [0, 0.1) is 0 Å². The first-order chi connectivity index (χ1) is 7.66. The summed E-state index contributed by atoms with van der Waals surface area (Å²) in [6, 6.07) is 1.35. The topological polar surface area (TPSA) is 58.4 Å². The van der Waals surface area contributed by atoms with Crippen LogP contribution >= 0.6 is 0 Å². The van der Waals surface area contributed by atoms with Gasteiger partial charge in [0, 0.05) is 38.1 Å². The lowest BCUT2D eigenvalue weighted by Gasteiger charge is -2.37. The van der Waals surface area contributed by atoms with Crippen LogP contribution in [0.1, 0.15) is 39.0 Å². The number of amides is 1. The van der Waals surface area contributed by atoms with Crippen LogP contribution in [-0.2, 0) is 4.79 Å². The lowest BCUT2D eigenvalue weighted by Crippen LogP contribution is -2.51. The average Bonchev–Trinajstić information content (AvgIpc) is 2.65. The second-order valence-electron chi connectivity index (χ2n) is 5.17. The van der Waals surface area contributed by atoms with Gasteiger partial charge in [-0.05, 0) is 25.7 Å². The van der Waals surface area contributed by atoms with Crippen LogP contribution in [0.4, 0.5) is 0 Å².